The van der Waals surface area contributed by atoms with Gasteiger partial charge in [0.25, 0.3) is 0 Å². The molecule has 0 amide bonds. The summed E-state index contributed by atoms with van der Waals surface area (Å²) in [4.78, 5) is 10.9. The minimum atomic E-state index is -1.16. The Morgan fingerprint density at radius 3 is 2.18 bits per heavy atom. The molecule has 0 radical (unpaired) electrons. The number of aromatic carboxylic acids is 1. The Balaban J connectivity index is 2.25. The fourth-order valence-corrected chi connectivity index (χ4v) is 1.94. The predicted molar refractivity (Wildman–Crippen MR) is 78.6 cm³/mol. The molecule has 1 aromatic carbocycles. The average molecular weight is 311 g/mol. The third kappa shape index (κ3) is 6.53. The second-order valence-corrected chi connectivity index (χ2v) is 4.88. The van der Waals surface area contributed by atoms with Crippen LogP contribution in [0.1, 0.15) is 27.0 Å². The molecule has 1 aromatic rings. The Hall–Kier alpha value is -1.47. The van der Waals surface area contributed by atoms with E-state index in [1.54, 1.807) is 13.0 Å². The smallest absolute Gasteiger partial charge is 0.0720 e. The maximum Gasteiger partial charge on any atom is 0.0720 e. The topological polar surface area (TPSA) is 88.1 Å². The van der Waals surface area contributed by atoms with Crippen molar-refractivity contribution in [2.45, 2.75) is 20.5 Å². The molecular formula is C16H23O6-. The van der Waals surface area contributed by atoms with Gasteiger partial charge in [-0.1, -0.05) is 6.07 Å². The molecule has 6 heteroatoms. The van der Waals surface area contributed by atoms with E-state index in [4.69, 9.17) is 19.3 Å². The van der Waals surface area contributed by atoms with Crippen LogP contribution in [0.5, 0.6) is 0 Å². The van der Waals surface area contributed by atoms with Crippen molar-refractivity contribution in [1.29, 1.82) is 0 Å². The molecule has 0 spiro atoms. The van der Waals surface area contributed by atoms with Crippen molar-refractivity contribution in [2.75, 3.05) is 39.6 Å². The SMILES string of the molecule is Cc1cc(C(=O)[O-])c(C)cc1COCCOCCOCCO. The molecule has 0 aliphatic carbocycles. The molecule has 0 aliphatic heterocycles. The highest BCUT2D eigenvalue weighted by Gasteiger charge is 2.05. The minimum absolute atomic E-state index is 0.0125. The summed E-state index contributed by atoms with van der Waals surface area (Å²) in [6.07, 6.45) is 0. The molecule has 0 heterocycles. The van der Waals surface area contributed by atoms with E-state index < -0.39 is 5.97 Å². The number of carbonyl (C=O) groups is 1. The van der Waals surface area contributed by atoms with E-state index in [1.807, 2.05) is 13.0 Å². The van der Waals surface area contributed by atoms with E-state index >= 15 is 0 Å². The van der Waals surface area contributed by atoms with E-state index in [0.717, 1.165) is 11.1 Å². The number of hydrogen-bond acceptors (Lipinski definition) is 6. The van der Waals surface area contributed by atoms with Gasteiger partial charge in [0.15, 0.2) is 0 Å². The van der Waals surface area contributed by atoms with Crippen LogP contribution in [0.4, 0.5) is 0 Å². The van der Waals surface area contributed by atoms with Gasteiger partial charge in [0.1, 0.15) is 0 Å². The number of hydrogen-bond donors (Lipinski definition) is 1. The van der Waals surface area contributed by atoms with Gasteiger partial charge in [-0.3, -0.25) is 0 Å². The monoisotopic (exact) mass is 311 g/mol. The number of benzene rings is 1. The largest absolute Gasteiger partial charge is 0.545 e. The first-order valence-corrected chi connectivity index (χ1v) is 7.21. The minimum Gasteiger partial charge on any atom is -0.545 e. The molecule has 22 heavy (non-hydrogen) atoms. The zero-order valence-electron chi connectivity index (χ0n) is 13.1. The lowest BCUT2D eigenvalue weighted by Crippen LogP contribution is -2.23. The second kappa shape index (κ2) is 10.3. The van der Waals surface area contributed by atoms with Gasteiger partial charge < -0.3 is 29.2 Å². The lowest BCUT2D eigenvalue weighted by atomic mass is 10.0. The number of aryl methyl sites for hydroxylation is 2. The van der Waals surface area contributed by atoms with E-state index in [0.29, 0.717) is 45.2 Å². The predicted octanol–water partition coefficient (Wildman–Crippen LogP) is 0.209. The van der Waals surface area contributed by atoms with Crippen molar-refractivity contribution in [1.82, 2.24) is 0 Å². The van der Waals surface area contributed by atoms with Gasteiger partial charge in [0.2, 0.25) is 0 Å². The molecule has 0 aliphatic rings. The van der Waals surface area contributed by atoms with Crippen LogP contribution in [0.25, 0.3) is 0 Å². The van der Waals surface area contributed by atoms with E-state index in [-0.39, 0.29) is 12.2 Å². The molecule has 0 aromatic heterocycles. The normalized spacial score (nSPS) is 10.9. The molecule has 0 saturated carbocycles. The summed E-state index contributed by atoms with van der Waals surface area (Å²) >= 11 is 0. The summed E-state index contributed by atoms with van der Waals surface area (Å²) in [7, 11) is 0. The van der Waals surface area contributed by atoms with Gasteiger partial charge in [0.05, 0.1) is 52.2 Å². The third-order valence-corrected chi connectivity index (χ3v) is 3.14. The number of aliphatic hydroxyl groups is 1. The van der Waals surface area contributed by atoms with Gasteiger partial charge in [-0.2, -0.15) is 0 Å². The highest BCUT2D eigenvalue weighted by molar-refractivity contribution is 5.87. The van der Waals surface area contributed by atoms with Crippen molar-refractivity contribution in [3.63, 3.8) is 0 Å². The molecular weight excluding hydrogens is 288 g/mol. The number of rotatable bonds is 11. The van der Waals surface area contributed by atoms with Crippen molar-refractivity contribution >= 4 is 5.97 Å². The first-order chi connectivity index (χ1) is 10.6. The molecule has 0 saturated heterocycles. The van der Waals surface area contributed by atoms with E-state index in [1.165, 1.54) is 0 Å². The first kappa shape index (κ1) is 18.6. The summed E-state index contributed by atoms with van der Waals surface area (Å²) in [5.41, 5.74) is 2.70. The molecule has 0 fully saturated rings. The summed E-state index contributed by atoms with van der Waals surface area (Å²) in [5, 5.41) is 19.4. The number of ether oxygens (including phenoxy) is 3. The van der Waals surface area contributed by atoms with Crippen LogP contribution in [0.15, 0.2) is 12.1 Å². The highest BCUT2D eigenvalue weighted by atomic mass is 16.5. The zero-order valence-corrected chi connectivity index (χ0v) is 13.1. The lowest BCUT2D eigenvalue weighted by Gasteiger charge is -2.13. The second-order valence-electron chi connectivity index (χ2n) is 4.88. The first-order valence-electron chi connectivity index (χ1n) is 7.21. The molecule has 0 unspecified atom stereocenters. The Labute approximate surface area is 130 Å². The highest BCUT2D eigenvalue weighted by Crippen LogP contribution is 2.16. The van der Waals surface area contributed by atoms with Crippen LogP contribution in [0.3, 0.4) is 0 Å². The summed E-state index contributed by atoms with van der Waals surface area (Å²) < 4.78 is 15.9. The van der Waals surface area contributed by atoms with Crippen LogP contribution in [-0.4, -0.2) is 50.7 Å². The summed E-state index contributed by atoms with van der Waals surface area (Å²) in [5.74, 6) is -1.16. The average Bonchev–Trinajstić information content (AvgIpc) is 2.48. The number of aliphatic hydroxyl groups excluding tert-OH is 1. The maximum atomic E-state index is 10.9. The Morgan fingerprint density at radius 2 is 1.59 bits per heavy atom. The van der Waals surface area contributed by atoms with Crippen molar-refractivity contribution < 1.29 is 29.2 Å². The molecule has 124 valence electrons. The van der Waals surface area contributed by atoms with Gasteiger partial charge in [-0.15, -0.1) is 0 Å². The van der Waals surface area contributed by atoms with Crippen LogP contribution < -0.4 is 5.11 Å². The molecule has 1 rings (SSSR count). The molecule has 6 nitrogen and oxygen atoms in total. The fraction of sp³-hybridized carbons (Fsp3) is 0.562. The molecule has 1 N–H and O–H groups in total. The van der Waals surface area contributed by atoms with E-state index in [2.05, 4.69) is 0 Å². The van der Waals surface area contributed by atoms with Crippen LogP contribution in [0.2, 0.25) is 0 Å². The van der Waals surface area contributed by atoms with Gasteiger partial charge >= 0.3 is 0 Å². The lowest BCUT2D eigenvalue weighted by molar-refractivity contribution is -0.255. The zero-order chi connectivity index (χ0) is 16.4. The van der Waals surface area contributed by atoms with Gasteiger partial charge in [-0.25, -0.2) is 0 Å². The van der Waals surface area contributed by atoms with Crippen molar-refractivity contribution in [3.05, 3.63) is 34.4 Å². The Kier molecular flexibility index (Phi) is 8.69. The Morgan fingerprint density at radius 1 is 1.00 bits per heavy atom. The number of carboxylic acid groups (broad SMARTS) is 1. The van der Waals surface area contributed by atoms with Crippen LogP contribution in [-0.2, 0) is 20.8 Å². The van der Waals surface area contributed by atoms with Gasteiger partial charge in [-0.05, 0) is 36.6 Å². The fourth-order valence-electron chi connectivity index (χ4n) is 1.94. The maximum absolute atomic E-state index is 10.9. The number of carbonyl (C=O) groups excluding carboxylic acids is 1. The van der Waals surface area contributed by atoms with Crippen molar-refractivity contribution in [3.8, 4) is 0 Å². The standard InChI is InChI=1S/C16H24O6/c1-12-10-15(16(18)19)13(2)9-14(12)11-22-8-7-21-6-5-20-4-3-17/h9-10,17H,3-8,11H2,1-2H3,(H,18,19)/p-1. The van der Waals surface area contributed by atoms with Crippen LogP contribution in [0, 0.1) is 13.8 Å². The quantitative estimate of drug-likeness (QED) is 0.588. The van der Waals surface area contributed by atoms with Gasteiger partial charge in [0, 0.05) is 5.56 Å². The third-order valence-electron chi connectivity index (χ3n) is 3.14. The van der Waals surface area contributed by atoms with Crippen molar-refractivity contribution in [2.24, 2.45) is 0 Å². The van der Waals surface area contributed by atoms with Crippen LogP contribution >= 0.6 is 0 Å². The Bertz CT molecular complexity index is 472. The molecule has 0 atom stereocenters. The molecule has 0 bridgehead atoms. The number of carboxylic acids is 1. The summed E-state index contributed by atoms with van der Waals surface area (Å²) in [6, 6.07) is 3.42. The van der Waals surface area contributed by atoms with E-state index in [9.17, 15) is 9.90 Å². The summed E-state index contributed by atoms with van der Waals surface area (Å²) in [6.45, 7) is 6.14.